The zero-order valence-corrected chi connectivity index (χ0v) is 13.1. The molecule has 0 amide bonds. The van der Waals surface area contributed by atoms with Crippen molar-refractivity contribution in [1.82, 2.24) is 4.31 Å². The molecule has 1 aromatic rings. The fraction of sp³-hybridized carbons (Fsp3) is 0.462. The number of benzene rings is 1. The Bertz CT molecular complexity index is 623. The number of nitrogens with two attached hydrogens (primary N) is 1. The van der Waals surface area contributed by atoms with Crippen molar-refractivity contribution in [3.63, 3.8) is 0 Å². The maximum atomic E-state index is 12.6. The van der Waals surface area contributed by atoms with Gasteiger partial charge in [0, 0.05) is 19.2 Å². The molecule has 0 aliphatic carbocycles. The highest BCUT2D eigenvalue weighted by Crippen LogP contribution is 2.24. The average molecular weight is 314 g/mol. The van der Waals surface area contributed by atoms with Crippen LogP contribution in [0.5, 0.6) is 0 Å². The van der Waals surface area contributed by atoms with Gasteiger partial charge in [0.15, 0.2) is 0 Å². The number of aryl methyl sites for hydroxylation is 1. The molecule has 0 saturated carbocycles. The molecule has 0 bridgehead atoms. The van der Waals surface area contributed by atoms with Gasteiger partial charge in [-0.25, -0.2) is 8.42 Å². The van der Waals surface area contributed by atoms with Crippen molar-refractivity contribution in [3.8, 4) is 0 Å². The summed E-state index contributed by atoms with van der Waals surface area (Å²) in [5.74, 6) is 0. The van der Waals surface area contributed by atoms with Crippen molar-refractivity contribution in [2.45, 2.75) is 24.3 Å². The second-order valence-corrected chi connectivity index (χ2v) is 7.29. The van der Waals surface area contributed by atoms with E-state index >= 15 is 0 Å². The third-order valence-corrected chi connectivity index (χ3v) is 5.84. The zero-order valence-electron chi connectivity index (χ0n) is 11.5. The van der Waals surface area contributed by atoms with Crippen LogP contribution in [-0.4, -0.2) is 44.0 Å². The van der Waals surface area contributed by atoms with Crippen LogP contribution >= 0.6 is 12.2 Å². The summed E-state index contributed by atoms with van der Waals surface area (Å²) in [6.07, 6.45) is 0.722. The number of nitrogens with zero attached hydrogens (tertiary/aromatic N) is 1. The zero-order chi connectivity index (χ0) is 14.9. The standard InChI is InChI=1S/C13H18N2O3S2/c1-9-7-10(13(14)19)3-4-12(9)20(16,17)15(2)11-5-6-18-8-11/h3-4,7,11H,5-6,8H2,1-2H3,(H2,14,19). The van der Waals surface area contributed by atoms with E-state index in [9.17, 15) is 8.42 Å². The number of rotatable bonds is 4. The molecule has 110 valence electrons. The van der Waals surface area contributed by atoms with Gasteiger partial charge in [-0.3, -0.25) is 0 Å². The SMILES string of the molecule is Cc1cc(C(N)=S)ccc1S(=O)(=O)N(C)C1CCOC1. The largest absolute Gasteiger partial charge is 0.389 e. The molecule has 2 N–H and O–H groups in total. The second-order valence-electron chi connectivity index (χ2n) is 4.88. The predicted molar refractivity (Wildman–Crippen MR) is 81.2 cm³/mol. The third kappa shape index (κ3) is 2.85. The molecule has 1 unspecified atom stereocenters. The topological polar surface area (TPSA) is 72.6 Å². The first kappa shape index (κ1) is 15.4. The van der Waals surface area contributed by atoms with Crippen molar-refractivity contribution in [3.05, 3.63) is 29.3 Å². The van der Waals surface area contributed by atoms with Gasteiger partial charge >= 0.3 is 0 Å². The summed E-state index contributed by atoms with van der Waals surface area (Å²) in [5.41, 5.74) is 6.87. The van der Waals surface area contributed by atoms with Crippen molar-refractivity contribution in [1.29, 1.82) is 0 Å². The molecule has 1 aliphatic rings. The quantitative estimate of drug-likeness (QED) is 0.841. The molecule has 20 heavy (non-hydrogen) atoms. The number of ether oxygens (including phenoxy) is 1. The van der Waals surface area contributed by atoms with Crippen LogP contribution in [-0.2, 0) is 14.8 Å². The van der Waals surface area contributed by atoms with Crippen LogP contribution in [0.25, 0.3) is 0 Å². The maximum absolute atomic E-state index is 12.6. The average Bonchev–Trinajstić information content (AvgIpc) is 2.90. The Morgan fingerprint density at radius 3 is 2.70 bits per heavy atom. The van der Waals surface area contributed by atoms with E-state index in [1.165, 1.54) is 4.31 Å². The first-order chi connectivity index (χ1) is 9.34. The van der Waals surface area contributed by atoms with Gasteiger partial charge < -0.3 is 10.5 Å². The lowest BCUT2D eigenvalue weighted by atomic mass is 10.1. The minimum absolute atomic E-state index is 0.102. The molecule has 1 aromatic carbocycles. The summed E-state index contributed by atoms with van der Waals surface area (Å²) in [6, 6.07) is 4.80. The number of likely N-dealkylation sites (N-methyl/N-ethyl adjacent to an activating group) is 1. The summed E-state index contributed by atoms with van der Waals surface area (Å²) >= 11 is 4.90. The molecule has 1 heterocycles. The van der Waals surface area contributed by atoms with E-state index in [0.29, 0.717) is 24.3 Å². The van der Waals surface area contributed by atoms with E-state index in [0.717, 1.165) is 6.42 Å². The highest BCUT2D eigenvalue weighted by Gasteiger charge is 2.31. The second kappa shape index (κ2) is 5.77. The fourth-order valence-electron chi connectivity index (χ4n) is 2.25. The van der Waals surface area contributed by atoms with E-state index < -0.39 is 10.0 Å². The lowest BCUT2D eigenvalue weighted by molar-refractivity contribution is 0.181. The van der Waals surface area contributed by atoms with Crippen molar-refractivity contribution in [2.24, 2.45) is 5.73 Å². The van der Waals surface area contributed by atoms with E-state index in [-0.39, 0.29) is 15.9 Å². The lowest BCUT2D eigenvalue weighted by Gasteiger charge is -2.23. The first-order valence-corrected chi connectivity index (χ1v) is 8.15. The summed E-state index contributed by atoms with van der Waals surface area (Å²) in [6.45, 7) is 2.79. The molecule has 1 saturated heterocycles. The third-order valence-electron chi connectivity index (χ3n) is 3.54. The molecule has 0 spiro atoms. The lowest BCUT2D eigenvalue weighted by Crippen LogP contribution is -2.37. The first-order valence-electron chi connectivity index (χ1n) is 6.30. The van der Waals surface area contributed by atoms with Crippen LogP contribution in [0.4, 0.5) is 0 Å². The van der Waals surface area contributed by atoms with Gasteiger partial charge in [0.1, 0.15) is 4.99 Å². The molecule has 0 aromatic heterocycles. The Morgan fingerprint density at radius 1 is 1.50 bits per heavy atom. The highest BCUT2D eigenvalue weighted by molar-refractivity contribution is 7.89. The van der Waals surface area contributed by atoms with Gasteiger partial charge in [0.05, 0.1) is 17.5 Å². The van der Waals surface area contributed by atoms with Crippen molar-refractivity contribution in [2.75, 3.05) is 20.3 Å². The van der Waals surface area contributed by atoms with Gasteiger partial charge in [-0.1, -0.05) is 18.3 Å². The summed E-state index contributed by atoms with van der Waals surface area (Å²) in [4.78, 5) is 0.543. The molecule has 7 heteroatoms. The Balaban J connectivity index is 2.36. The number of hydrogen-bond donors (Lipinski definition) is 1. The van der Waals surface area contributed by atoms with Gasteiger partial charge in [-0.15, -0.1) is 0 Å². The van der Waals surface area contributed by atoms with Gasteiger partial charge in [-0.2, -0.15) is 4.31 Å². The normalized spacial score (nSPS) is 19.4. The summed E-state index contributed by atoms with van der Waals surface area (Å²) in [5, 5.41) is 0. The van der Waals surface area contributed by atoms with E-state index in [4.69, 9.17) is 22.7 Å². The van der Waals surface area contributed by atoms with Gasteiger partial charge in [0.25, 0.3) is 0 Å². The number of hydrogen-bond acceptors (Lipinski definition) is 4. The van der Waals surface area contributed by atoms with E-state index in [2.05, 4.69) is 0 Å². The predicted octanol–water partition coefficient (Wildman–Crippen LogP) is 1.04. The Hall–Kier alpha value is -1.02. The molecule has 1 fully saturated rings. The fourth-order valence-corrected chi connectivity index (χ4v) is 3.95. The summed E-state index contributed by atoms with van der Waals surface area (Å²) in [7, 11) is -1.93. The molecular formula is C13H18N2O3S2. The monoisotopic (exact) mass is 314 g/mol. The van der Waals surface area contributed by atoms with Crippen LogP contribution in [0.1, 0.15) is 17.5 Å². The van der Waals surface area contributed by atoms with E-state index in [1.807, 2.05) is 0 Å². The van der Waals surface area contributed by atoms with Crippen LogP contribution in [0.2, 0.25) is 0 Å². The minimum atomic E-state index is -3.53. The number of thiocarbonyl (C=S) groups is 1. The van der Waals surface area contributed by atoms with E-state index in [1.54, 1.807) is 32.2 Å². The molecule has 0 radical (unpaired) electrons. The van der Waals surface area contributed by atoms with Crippen molar-refractivity contribution >= 4 is 27.2 Å². The molecule has 1 aliphatic heterocycles. The molecular weight excluding hydrogens is 296 g/mol. The van der Waals surface area contributed by atoms with Crippen LogP contribution in [0, 0.1) is 6.92 Å². The van der Waals surface area contributed by atoms with Crippen LogP contribution in [0.15, 0.2) is 23.1 Å². The summed E-state index contributed by atoms with van der Waals surface area (Å²) < 4.78 is 31.9. The smallest absolute Gasteiger partial charge is 0.243 e. The number of sulfonamides is 1. The Kier molecular flexibility index (Phi) is 4.43. The Morgan fingerprint density at radius 2 is 2.20 bits per heavy atom. The minimum Gasteiger partial charge on any atom is -0.389 e. The van der Waals surface area contributed by atoms with Gasteiger partial charge in [-0.05, 0) is 31.0 Å². The highest BCUT2D eigenvalue weighted by atomic mass is 32.2. The molecule has 2 rings (SSSR count). The molecule has 5 nitrogen and oxygen atoms in total. The van der Waals surface area contributed by atoms with Gasteiger partial charge in [0.2, 0.25) is 10.0 Å². The molecule has 1 atom stereocenters. The van der Waals surface area contributed by atoms with Crippen LogP contribution < -0.4 is 5.73 Å². The van der Waals surface area contributed by atoms with Crippen LogP contribution in [0.3, 0.4) is 0 Å². The maximum Gasteiger partial charge on any atom is 0.243 e. The van der Waals surface area contributed by atoms with Crippen molar-refractivity contribution < 1.29 is 13.2 Å². The Labute approximate surface area is 124 Å².